The number of carbonyl (C=O) groups is 1. The van der Waals surface area contributed by atoms with Crippen LogP contribution in [0.25, 0.3) is 5.69 Å². The van der Waals surface area contributed by atoms with Gasteiger partial charge in [0, 0.05) is 15.9 Å². The number of methoxy groups -OCH3 is 1. The second-order valence-corrected chi connectivity index (χ2v) is 7.62. The van der Waals surface area contributed by atoms with Gasteiger partial charge in [0.2, 0.25) is 0 Å². The molecule has 0 atom stereocenters. The molecule has 0 aliphatic heterocycles. The van der Waals surface area contributed by atoms with Crippen LogP contribution < -0.4 is 10.1 Å². The van der Waals surface area contributed by atoms with E-state index in [2.05, 4.69) is 15.6 Å². The zero-order valence-corrected chi connectivity index (χ0v) is 17.4. The molecule has 3 aromatic carbocycles. The van der Waals surface area contributed by atoms with Gasteiger partial charge in [0.25, 0.3) is 5.91 Å². The minimum absolute atomic E-state index is 0.275. The quantitative estimate of drug-likeness (QED) is 0.480. The summed E-state index contributed by atoms with van der Waals surface area (Å²) in [6.07, 6.45) is 0. The topological polar surface area (TPSA) is 69.0 Å². The van der Waals surface area contributed by atoms with Crippen LogP contribution in [0.15, 0.2) is 88.7 Å². The van der Waals surface area contributed by atoms with Gasteiger partial charge >= 0.3 is 0 Å². The van der Waals surface area contributed by atoms with E-state index in [1.165, 1.54) is 0 Å². The molecule has 1 N–H and O–H groups in total. The van der Waals surface area contributed by atoms with Crippen molar-refractivity contribution in [2.45, 2.75) is 16.7 Å². The van der Waals surface area contributed by atoms with E-state index in [0.717, 1.165) is 21.2 Å². The van der Waals surface area contributed by atoms with E-state index in [1.54, 1.807) is 23.6 Å². The van der Waals surface area contributed by atoms with Crippen molar-refractivity contribution >= 4 is 23.4 Å². The maximum atomic E-state index is 12.9. The van der Waals surface area contributed by atoms with Crippen LogP contribution in [0.5, 0.6) is 5.75 Å². The summed E-state index contributed by atoms with van der Waals surface area (Å²) in [7, 11) is 1.61. The fraction of sp³-hybridized carbons (Fsp3) is 0.0870. The van der Waals surface area contributed by atoms with E-state index in [-0.39, 0.29) is 11.6 Å². The first-order valence-electron chi connectivity index (χ1n) is 9.35. The zero-order chi connectivity index (χ0) is 20.9. The molecule has 0 aliphatic carbocycles. The number of nitrogens with one attached hydrogen (secondary N) is 1. The first-order valence-corrected chi connectivity index (χ1v) is 10.2. The standard InChI is InChI=1S/C23H20N4O2S/c1-16-22(25-26-27(16)17-9-8-10-18(15-17)29-2)23(28)24-20-13-6-7-14-21(20)30-19-11-4-3-5-12-19/h3-15H,1-2H3,(H,24,28). The van der Waals surface area contributed by atoms with E-state index in [9.17, 15) is 4.79 Å². The number of aromatic nitrogens is 3. The first kappa shape index (κ1) is 19.7. The molecule has 6 nitrogen and oxygen atoms in total. The maximum Gasteiger partial charge on any atom is 0.278 e. The number of hydrogen-bond acceptors (Lipinski definition) is 5. The Morgan fingerprint density at radius 3 is 2.57 bits per heavy atom. The molecule has 0 saturated carbocycles. The monoisotopic (exact) mass is 416 g/mol. The van der Waals surface area contributed by atoms with E-state index in [1.807, 2.05) is 85.8 Å². The average molecular weight is 417 g/mol. The second kappa shape index (κ2) is 8.84. The van der Waals surface area contributed by atoms with Crippen molar-refractivity contribution in [2.24, 2.45) is 0 Å². The highest BCUT2D eigenvalue weighted by Crippen LogP contribution is 2.33. The summed E-state index contributed by atoms with van der Waals surface area (Å²) < 4.78 is 6.90. The van der Waals surface area contributed by atoms with Crippen molar-refractivity contribution in [3.63, 3.8) is 0 Å². The van der Waals surface area contributed by atoms with Gasteiger partial charge in [0.15, 0.2) is 5.69 Å². The van der Waals surface area contributed by atoms with Crippen molar-refractivity contribution < 1.29 is 9.53 Å². The number of benzene rings is 3. The lowest BCUT2D eigenvalue weighted by Crippen LogP contribution is -2.14. The highest BCUT2D eigenvalue weighted by atomic mass is 32.2. The molecule has 4 rings (SSSR count). The van der Waals surface area contributed by atoms with Gasteiger partial charge in [-0.3, -0.25) is 4.79 Å². The van der Waals surface area contributed by atoms with Crippen LogP contribution in [0.4, 0.5) is 5.69 Å². The van der Waals surface area contributed by atoms with Gasteiger partial charge in [-0.15, -0.1) is 5.10 Å². The van der Waals surface area contributed by atoms with Gasteiger partial charge in [-0.25, -0.2) is 4.68 Å². The molecule has 150 valence electrons. The van der Waals surface area contributed by atoms with Crippen LogP contribution in [0.2, 0.25) is 0 Å². The molecular weight excluding hydrogens is 396 g/mol. The third-order valence-corrected chi connectivity index (χ3v) is 5.60. The number of anilines is 1. The third kappa shape index (κ3) is 4.21. The second-order valence-electron chi connectivity index (χ2n) is 6.50. The number of carbonyl (C=O) groups excluding carboxylic acids is 1. The molecule has 1 aromatic heterocycles. The maximum absolute atomic E-state index is 12.9. The Kier molecular flexibility index (Phi) is 5.81. The van der Waals surface area contributed by atoms with Gasteiger partial charge < -0.3 is 10.1 Å². The van der Waals surface area contributed by atoms with Crippen LogP contribution in [-0.2, 0) is 0 Å². The Hall–Kier alpha value is -3.58. The Morgan fingerprint density at radius 2 is 1.77 bits per heavy atom. The summed E-state index contributed by atoms with van der Waals surface area (Å²) in [4.78, 5) is 15.0. The van der Waals surface area contributed by atoms with Gasteiger partial charge in [-0.1, -0.05) is 53.4 Å². The highest BCUT2D eigenvalue weighted by Gasteiger charge is 2.19. The molecule has 4 aromatic rings. The van der Waals surface area contributed by atoms with Gasteiger partial charge in [-0.05, 0) is 43.3 Å². The van der Waals surface area contributed by atoms with Gasteiger partial charge in [0.05, 0.1) is 24.2 Å². The third-order valence-electron chi connectivity index (χ3n) is 4.51. The average Bonchev–Trinajstić information content (AvgIpc) is 3.17. The van der Waals surface area contributed by atoms with E-state index in [4.69, 9.17) is 4.74 Å². The van der Waals surface area contributed by atoms with Crippen LogP contribution >= 0.6 is 11.8 Å². The van der Waals surface area contributed by atoms with Crippen LogP contribution in [0.1, 0.15) is 16.2 Å². The molecule has 7 heteroatoms. The van der Waals surface area contributed by atoms with Crippen LogP contribution in [0.3, 0.4) is 0 Å². The van der Waals surface area contributed by atoms with Crippen LogP contribution in [-0.4, -0.2) is 28.0 Å². The number of amides is 1. The molecule has 1 amide bonds. The smallest absolute Gasteiger partial charge is 0.278 e. The highest BCUT2D eigenvalue weighted by molar-refractivity contribution is 7.99. The molecular formula is C23H20N4O2S. The Balaban J connectivity index is 1.58. The molecule has 0 saturated heterocycles. The summed E-state index contributed by atoms with van der Waals surface area (Å²) in [5.74, 6) is 0.406. The SMILES string of the molecule is COc1cccc(-n2nnc(C(=O)Nc3ccccc3Sc3ccccc3)c2C)c1. The lowest BCUT2D eigenvalue weighted by Gasteiger charge is -2.10. The molecule has 1 heterocycles. The number of nitrogens with zero attached hydrogens (tertiary/aromatic N) is 3. The normalized spacial score (nSPS) is 10.6. The van der Waals surface area contributed by atoms with Gasteiger partial charge in [0.1, 0.15) is 5.75 Å². The lowest BCUT2D eigenvalue weighted by atomic mass is 10.2. The first-order chi connectivity index (χ1) is 14.7. The summed E-state index contributed by atoms with van der Waals surface area (Å²) in [5, 5.41) is 11.2. The van der Waals surface area contributed by atoms with Gasteiger partial charge in [-0.2, -0.15) is 0 Å². The molecule has 0 spiro atoms. The number of rotatable bonds is 6. The molecule has 0 fully saturated rings. The van der Waals surface area contributed by atoms with E-state index in [0.29, 0.717) is 11.4 Å². The fourth-order valence-electron chi connectivity index (χ4n) is 2.98. The molecule has 30 heavy (non-hydrogen) atoms. The lowest BCUT2D eigenvalue weighted by molar-refractivity contribution is 0.102. The summed E-state index contributed by atoms with van der Waals surface area (Å²) in [5.41, 5.74) is 2.43. The molecule has 0 bridgehead atoms. The Labute approximate surface area is 178 Å². The summed E-state index contributed by atoms with van der Waals surface area (Å²) in [6, 6.07) is 25.2. The number of para-hydroxylation sites is 1. The van der Waals surface area contributed by atoms with Crippen molar-refractivity contribution in [2.75, 3.05) is 12.4 Å². The zero-order valence-electron chi connectivity index (χ0n) is 16.6. The Bertz CT molecular complexity index is 1170. The summed E-state index contributed by atoms with van der Waals surface area (Å²) in [6.45, 7) is 1.82. The van der Waals surface area contributed by atoms with Crippen molar-refractivity contribution in [3.05, 3.63) is 90.3 Å². The number of hydrogen-bond donors (Lipinski definition) is 1. The summed E-state index contributed by atoms with van der Waals surface area (Å²) >= 11 is 1.59. The Morgan fingerprint density at radius 1 is 1.00 bits per heavy atom. The van der Waals surface area contributed by atoms with Crippen LogP contribution in [0, 0.1) is 6.92 Å². The van der Waals surface area contributed by atoms with Crippen molar-refractivity contribution in [1.82, 2.24) is 15.0 Å². The largest absolute Gasteiger partial charge is 0.497 e. The molecule has 0 radical (unpaired) electrons. The molecule has 0 aliphatic rings. The predicted molar refractivity (Wildman–Crippen MR) is 118 cm³/mol. The fourth-order valence-corrected chi connectivity index (χ4v) is 3.91. The number of ether oxygens (including phenoxy) is 1. The minimum atomic E-state index is -0.303. The van der Waals surface area contributed by atoms with E-state index >= 15 is 0 Å². The minimum Gasteiger partial charge on any atom is -0.497 e. The predicted octanol–water partition coefficient (Wildman–Crippen LogP) is 4.99. The van der Waals surface area contributed by atoms with E-state index < -0.39 is 0 Å². The molecule has 0 unspecified atom stereocenters. The van der Waals surface area contributed by atoms with Crippen molar-refractivity contribution in [1.29, 1.82) is 0 Å². The van der Waals surface area contributed by atoms with Crippen molar-refractivity contribution in [3.8, 4) is 11.4 Å².